The first-order valence-electron chi connectivity index (χ1n) is 5.34. The molecular weight excluding hydrogens is 271 g/mol. The number of amides is 1. The largest absolute Gasteiger partial charge is 0.333 e. The first-order chi connectivity index (χ1) is 8.88. The second-order valence-corrected chi connectivity index (χ2v) is 5.70. The molecule has 0 heterocycles. The van der Waals surface area contributed by atoms with Crippen molar-refractivity contribution in [1.29, 1.82) is 5.26 Å². The number of hydrogen-bond acceptors (Lipinski definition) is 4. The van der Waals surface area contributed by atoms with Gasteiger partial charge in [0.1, 0.15) is 0 Å². The summed E-state index contributed by atoms with van der Waals surface area (Å²) in [5, 5.41) is 17.9. The molecule has 8 heteroatoms. The van der Waals surface area contributed by atoms with Crippen molar-refractivity contribution in [3.05, 3.63) is 35.4 Å². The van der Waals surface area contributed by atoms with Crippen LogP contribution in [0.5, 0.6) is 0 Å². The smallest absolute Gasteiger partial charge is 0.324 e. The number of hydroxylamine groups is 2. The number of hydrogen-bond donors (Lipinski definition) is 3. The Bertz CT molecular complexity index is 519. The van der Waals surface area contributed by atoms with Crippen molar-refractivity contribution in [2.24, 2.45) is 0 Å². The Morgan fingerprint density at radius 2 is 1.95 bits per heavy atom. The molecule has 0 saturated heterocycles. The fraction of sp³-hybridized carbons (Fsp3) is 0.273. The zero-order chi connectivity index (χ0) is 14.5. The van der Waals surface area contributed by atoms with Crippen LogP contribution in [-0.2, 0) is 9.36 Å². The third-order valence-electron chi connectivity index (χ3n) is 2.58. The minimum atomic E-state index is -4.42. The van der Waals surface area contributed by atoms with Crippen LogP contribution in [0.25, 0.3) is 0 Å². The molecule has 19 heavy (non-hydrogen) atoms. The van der Waals surface area contributed by atoms with Crippen molar-refractivity contribution in [3.63, 3.8) is 0 Å². The van der Waals surface area contributed by atoms with Crippen LogP contribution in [0.3, 0.4) is 0 Å². The normalized spacial score (nSPS) is 12.5. The molecule has 7 nitrogen and oxygen atoms in total. The van der Waals surface area contributed by atoms with Gasteiger partial charge in [-0.3, -0.25) is 14.6 Å². The number of benzene rings is 1. The third kappa shape index (κ3) is 4.47. The maximum absolute atomic E-state index is 11.4. The molecule has 0 bridgehead atoms. The van der Waals surface area contributed by atoms with E-state index in [2.05, 4.69) is 0 Å². The Morgan fingerprint density at radius 3 is 2.37 bits per heavy atom. The van der Waals surface area contributed by atoms with E-state index in [-0.39, 0.29) is 19.4 Å². The summed E-state index contributed by atoms with van der Waals surface area (Å²) in [7, 11) is -4.42. The first-order valence-corrected chi connectivity index (χ1v) is 7.02. The monoisotopic (exact) mass is 284 g/mol. The number of carbonyl (C=O) groups is 1. The Hall–Kier alpha value is -1.71. The molecular formula is C11H13N2O5P. The Kier molecular flexibility index (Phi) is 5.21. The van der Waals surface area contributed by atoms with Crippen LogP contribution >= 0.6 is 7.60 Å². The fourth-order valence-corrected chi connectivity index (χ4v) is 2.63. The standard InChI is InChI=1S/C11H13N2O5P/c12-7-9-1-3-10(4-2-9)11(19(16,17)18)5-6-13(15)8-14/h1-4,8,11,15H,5-6H2,(H2,16,17,18). The summed E-state index contributed by atoms with van der Waals surface area (Å²) in [5.74, 6) is 0. The van der Waals surface area contributed by atoms with E-state index >= 15 is 0 Å². The minimum Gasteiger partial charge on any atom is -0.324 e. The number of carbonyl (C=O) groups excluding carboxylic acids is 1. The number of nitriles is 1. The second kappa shape index (κ2) is 6.45. The maximum Gasteiger partial charge on any atom is 0.333 e. The molecule has 0 saturated carbocycles. The zero-order valence-electron chi connectivity index (χ0n) is 9.88. The van der Waals surface area contributed by atoms with Crippen molar-refractivity contribution in [2.75, 3.05) is 6.54 Å². The highest BCUT2D eigenvalue weighted by atomic mass is 31.2. The molecule has 0 aliphatic rings. The molecule has 0 aliphatic carbocycles. The van der Waals surface area contributed by atoms with Crippen molar-refractivity contribution >= 4 is 14.0 Å². The fourth-order valence-electron chi connectivity index (χ4n) is 1.62. The predicted molar refractivity (Wildman–Crippen MR) is 65.1 cm³/mol. The summed E-state index contributed by atoms with van der Waals surface area (Å²) in [6, 6.07) is 7.71. The van der Waals surface area contributed by atoms with Gasteiger partial charge in [-0.2, -0.15) is 5.26 Å². The van der Waals surface area contributed by atoms with E-state index in [4.69, 9.17) is 10.5 Å². The second-order valence-electron chi connectivity index (χ2n) is 3.90. The lowest BCUT2D eigenvalue weighted by molar-refractivity contribution is -0.149. The van der Waals surface area contributed by atoms with Gasteiger partial charge in [0, 0.05) is 6.54 Å². The third-order valence-corrected chi connectivity index (χ3v) is 3.95. The number of nitrogens with zero attached hydrogens (tertiary/aromatic N) is 2. The van der Waals surface area contributed by atoms with E-state index in [0.29, 0.717) is 16.2 Å². The van der Waals surface area contributed by atoms with Gasteiger partial charge in [0.2, 0.25) is 6.41 Å². The summed E-state index contributed by atoms with van der Waals surface area (Å²) in [4.78, 5) is 28.8. The van der Waals surface area contributed by atoms with E-state index in [1.54, 1.807) is 0 Å². The average molecular weight is 284 g/mol. The predicted octanol–water partition coefficient (Wildman–Crippen LogP) is 1.01. The lowest BCUT2D eigenvalue weighted by atomic mass is 10.1. The van der Waals surface area contributed by atoms with Crippen molar-refractivity contribution in [2.45, 2.75) is 12.1 Å². The van der Waals surface area contributed by atoms with Crippen molar-refractivity contribution in [1.82, 2.24) is 5.06 Å². The Morgan fingerprint density at radius 1 is 1.37 bits per heavy atom. The summed E-state index contributed by atoms with van der Waals surface area (Å²) in [6.07, 6.45) is 0.0704. The highest BCUT2D eigenvalue weighted by molar-refractivity contribution is 7.52. The van der Waals surface area contributed by atoms with E-state index < -0.39 is 13.3 Å². The van der Waals surface area contributed by atoms with Gasteiger partial charge in [-0.05, 0) is 24.1 Å². The molecule has 0 aromatic heterocycles. The topological polar surface area (TPSA) is 122 Å². The van der Waals surface area contributed by atoms with E-state index in [0.717, 1.165) is 0 Å². The Balaban J connectivity index is 2.94. The lowest BCUT2D eigenvalue weighted by Crippen LogP contribution is -2.20. The van der Waals surface area contributed by atoms with Gasteiger partial charge < -0.3 is 9.79 Å². The summed E-state index contributed by atoms with van der Waals surface area (Å²) >= 11 is 0. The minimum absolute atomic E-state index is 0.0918. The van der Waals surface area contributed by atoms with Crippen molar-refractivity contribution in [3.8, 4) is 6.07 Å². The quantitative estimate of drug-likeness (QED) is 0.310. The van der Waals surface area contributed by atoms with Crippen LogP contribution in [0.2, 0.25) is 0 Å². The lowest BCUT2D eigenvalue weighted by Gasteiger charge is -2.20. The molecule has 1 rings (SSSR count). The van der Waals surface area contributed by atoms with Crippen LogP contribution in [0.15, 0.2) is 24.3 Å². The van der Waals surface area contributed by atoms with E-state index in [1.807, 2.05) is 6.07 Å². The summed E-state index contributed by atoms with van der Waals surface area (Å²) in [6.45, 7) is -0.195. The van der Waals surface area contributed by atoms with Gasteiger partial charge in [-0.15, -0.1) is 0 Å². The summed E-state index contributed by atoms with van der Waals surface area (Å²) in [5.41, 5.74) is -0.397. The van der Waals surface area contributed by atoms with Gasteiger partial charge in [-0.1, -0.05) is 12.1 Å². The molecule has 1 aromatic carbocycles. The average Bonchev–Trinajstić information content (AvgIpc) is 2.37. The van der Waals surface area contributed by atoms with Gasteiger partial charge in [-0.25, -0.2) is 5.06 Å². The maximum atomic E-state index is 11.4. The van der Waals surface area contributed by atoms with Crippen LogP contribution in [0, 0.1) is 11.3 Å². The number of rotatable bonds is 6. The van der Waals surface area contributed by atoms with Gasteiger partial charge in [0.25, 0.3) is 0 Å². The van der Waals surface area contributed by atoms with Gasteiger partial charge in [0.05, 0.1) is 17.3 Å². The molecule has 1 atom stereocenters. The highest BCUT2D eigenvalue weighted by Crippen LogP contribution is 2.53. The highest BCUT2D eigenvalue weighted by Gasteiger charge is 2.30. The molecule has 0 spiro atoms. The van der Waals surface area contributed by atoms with Crippen molar-refractivity contribution < 1.29 is 24.4 Å². The molecule has 102 valence electrons. The molecule has 1 unspecified atom stereocenters. The molecule has 3 N–H and O–H groups in total. The van der Waals surface area contributed by atoms with E-state index in [9.17, 15) is 19.1 Å². The summed E-state index contributed by atoms with van der Waals surface area (Å²) < 4.78 is 11.4. The van der Waals surface area contributed by atoms with Crippen LogP contribution in [-0.4, -0.2) is 33.0 Å². The van der Waals surface area contributed by atoms with Gasteiger partial charge >= 0.3 is 7.60 Å². The molecule has 0 radical (unpaired) electrons. The molecule has 0 aliphatic heterocycles. The van der Waals surface area contributed by atoms with Crippen LogP contribution in [0.1, 0.15) is 23.2 Å². The zero-order valence-corrected chi connectivity index (χ0v) is 10.8. The SMILES string of the molecule is N#Cc1ccc(C(CCN(O)C=O)P(=O)(O)O)cc1. The molecule has 1 aromatic rings. The molecule has 0 fully saturated rings. The first kappa shape index (κ1) is 15.3. The Labute approximate surface area is 109 Å². The van der Waals surface area contributed by atoms with Gasteiger partial charge in [0.15, 0.2) is 0 Å². The van der Waals surface area contributed by atoms with Crippen LogP contribution in [0.4, 0.5) is 0 Å². The molecule has 1 amide bonds. The van der Waals surface area contributed by atoms with E-state index in [1.165, 1.54) is 24.3 Å². The van der Waals surface area contributed by atoms with Crippen LogP contribution < -0.4 is 0 Å².